The van der Waals surface area contributed by atoms with Crippen molar-refractivity contribution in [2.24, 2.45) is 5.92 Å². The van der Waals surface area contributed by atoms with E-state index in [0.717, 1.165) is 74.3 Å². The lowest BCUT2D eigenvalue weighted by Crippen LogP contribution is -2.36. The van der Waals surface area contributed by atoms with Crippen molar-refractivity contribution in [3.8, 4) is 11.8 Å². The van der Waals surface area contributed by atoms with Gasteiger partial charge in [0.1, 0.15) is 0 Å². The molecule has 3 atom stereocenters. The number of nitrogens with zero attached hydrogens (tertiary/aromatic N) is 2. The molecule has 2 N–H and O–H groups in total. The second-order valence-corrected chi connectivity index (χ2v) is 11.5. The van der Waals surface area contributed by atoms with Crippen LogP contribution in [0.4, 0.5) is 5.69 Å². The van der Waals surface area contributed by atoms with E-state index in [2.05, 4.69) is 69.1 Å². The third kappa shape index (κ3) is 6.90. The molecule has 2 aromatic carbocycles. The molecule has 4 aromatic rings. The van der Waals surface area contributed by atoms with Crippen LogP contribution >= 0.6 is 8.25 Å². The molecule has 4 heterocycles. The Morgan fingerprint density at radius 3 is 2.12 bits per heavy atom. The van der Waals surface area contributed by atoms with E-state index >= 15 is 0 Å². The van der Waals surface area contributed by atoms with Crippen LogP contribution in [0.5, 0.6) is 11.8 Å². The first-order valence-electron chi connectivity index (χ1n) is 14.1. The number of fused-ring (bicyclic) bond motifs is 2. The molecule has 3 unspecified atom stereocenters. The highest BCUT2D eigenvalue weighted by atomic mass is 31.1. The van der Waals surface area contributed by atoms with Crippen LogP contribution in [0.15, 0.2) is 84.9 Å². The van der Waals surface area contributed by atoms with E-state index in [1.807, 2.05) is 24.3 Å². The Bertz CT molecular complexity index is 1340. The molecule has 6 rings (SSSR count). The largest absolute Gasteiger partial charge is 0.421 e. The summed E-state index contributed by atoms with van der Waals surface area (Å²) in [5.74, 6) is 1.12. The van der Waals surface area contributed by atoms with Gasteiger partial charge in [0.2, 0.25) is 11.8 Å². The first kappa shape index (κ1) is 26.5. The quantitative estimate of drug-likeness (QED) is 0.226. The highest BCUT2D eigenvalue weighted by molar-refractivity contribution is 7.34. The normalized spacial score (nSPS) is 18.6. The molecule has 0 amide bonds. The summed E-state index contributed by atoms with van der Waals surface area (Å²) in [6.45, 7) is 1.70. The molecular weight excluding hydrogens is 519 g/mol. The van der Waals surface area contributed by atoms with Gasteiger partial charge in [0.15, 0.2) is 0 Å². The van der Waals surface area contributed by atoms with Crippen molar-refractivity contribution < 1.29 is 13.6 Å². The molecule has 2 aliphatic rings. The van der Waals surface area contributed by atoms with Crippen molar-refractivity contribution in [1.82, 2.24) is 15.3 Å². The van der Waals surface area contributed by atoms with Crippen LogP contribution in [0.2, 0.25) is 0 Å². The number of rotatable bonds is 10. The van der Waals surface area contributed by atoms with Crippen molar-refractivity contribution in [3.63, 3.8) is 0 Å². The van der Waals surface area contributed by atoms with Gasteiger partial charge in [0, 0.05) is 37.7 Å². The highest BCUT2D eigenvalue weighted by Gasteiger charge is 2.22. The Hall–Kier alpha value is -3.67. The van der Waals surface area contributed by atoms with E-state index in [1.165, 1.54) is 11.1 Å². The van der Waals surface area contributed by atoms with Gasteiger partial charge in [-0.05, 0) is 60.8 Å². The van der Waals surface area contributed by atoms with Crippen LogP contribution < -0.4 is 19.7 Å². The van der Waals surface area contributed by atoms with Gasteiger partial charge in [0.25, 0.3) is 0 Å². The van der Waals surface area contributed by atoms with Gasteiger partial charge in [-0.1, -0.05) is 66.7 Å². The van der Waals surface area contributed by atoms with Gasteiger partial charge in [-0.2, -0.15) is 0 Å². The minimum Gasteiger partial charge on any atom is -0.399 e. The van der Waals surface area contributed by atoms with E-state index in [9.17, 15) is 4.57 Å². The number of anilines is 1. The lowest BCUT2D eigenvalue weighted by molar-refractivity contribution is 0.397. The van der Waals surface area contributed by atoms with Crippen LogP contribution in [0.25, 0.3) is 0 Å². The van der Waals surface area contributed by atoms with E-state index in [-0.39, 0.29) is 0 Å². The molecule has 2 aromatic heterocycles. The van der Waals surface area contributed by atoms with Gasteiger partial charge in [-0.15, -0.1) is 0 Å². The predicted molar refractivity (Wildman–Crippen MR) is 158 cm³/mol. The van der Waals surface area contributed by atoms with Crippen molar-refractivity contribution in [3.05, 3.63) is 113 Å². The first-order chi connectivity index (χ1) is 19.7. The lowest BCUT2D eigenvalue weighted by atomic mass is 9.92. The number of nitrogens with one attached hydrogen (secondary N) is 2. The van der Waals surface area contributed by atoms with Crippen molar-refractivity contribution in [2.45, 2.75) is 51.1 Å². The first-order valence-corrected chi connectivity index (χ1v) is 15.3. The Morgan fingerprint density at radius 2 is 1.40 bits per heavy atom. The molecule has 0 saturated carbocycles. The topological polar surface area (TPSA) is 85.4 Å². The van der Waals surface area contributed by atoms with Crippen molar-refractivity contribution in [1.29, 1.82) is 0 Å². The predicted octanol–water partition coefficient (Wildman–Crippen LogP) is 6.19. The number of pyridine rings is 2. The lowest BCUT2D eigenvalue weighted by Gasteiger charge is -2.26. The molecule has 0 bridgehead atoms. The molecule has 0 spiro atoms. The maximum atomic E-state index is 12.8. The molecule has 40 heavy (non-hydrogen) atoms. The molecule has 0 radical (unpaired) electrons. The fraction of sp³-hybridized carbons (Fsp3) is 0.312. The Kier molecular flexibility index (Phi) is 8.41. The number of benzene rings is 2. The van der Waals surface area contributed by atoms with Gasteiger partial charge >= 0.3 is 8.25 Å². The third-order valence-electron chi connectivity index (χ3n) is 7.76. The summed E-state index contributed by atoms with van der Waals surface area (Å²) >= 11 is 0. The SMILES string of the molecule is O=[PH](Oc1ccc2c(n1)CC(CCc1ccccc1)NC2)Oc1ccc2c(n1)CC(CCc1ccccc1)CN2. The van der Waals surface area contributed by atoms with Gasteiger partial charge in [-0.3, -0.25) is 0 Å². The number of aromatic nitrogens is 2. The maximum absolute atomic E-state index is 12.8. The smallest absolute Gasteiger partial charge is 0.399 e. The number of hydrogen-bond acceptors (Lipinski definition) is 7. The minimum absolute atomic E-state index is 0.316. The second kappa shape index (κ2) is 12.7. The van der Waals surface area contributed by atoms with E-state index < -0.39 is 8.25 Å². The Morgan fingerprint density at radius 1 is 0.750 bits per heavy atom. The van der Waals surface area contributed by atoms with Gasteiger partial charge in [0.05, 0.1) is 17.1 Å². The molecule has 8 heteroatoms. The van der Waals surface area contributed by atoms with E-state index in [1.54, 1.807) is 12.1 Å². The number of aryl methyl sites for hydroxylation is 2. The standard InChI is InChI=1S/C32H35N4O3P/c37-40(38-31-17-14-26-22-33-27(20-29(26)35-31)15-13-24-9-5-2-6-10-24)39-32-18-16-28-30(36-32)19-25(21-34-28)12-11-23-7-3-1-4-8-23/h1-10,14,16-18,25,27,33-34,40H,11-13,15,19-22H2. The molecular formula is C32H35N4O3P. The summed E-state index contributed by atoms with van der Waals surface area (Å²) < 4.78 is 24.1. The molecule has 7 nitrogen and oxygen atoms in total. The van der Waals surface area contributed by atoms with Crippen LogP contribution in [0.1, 0.15) is 40.9 Å². The van der Waals surface area contributed by atoms with Crippen LogP contribution in [-0.4, -0.2) is 22.6 Å². The van der Waals surface area contributed by atoms with Crippen LogP contribution in [0.3, 0.4) is 0 Å². The monoisotopic (exact) mass is 554 g/mol. The summed E-state index contributed by atoms with van der Waals surface area (Å²) in [4.78, 5) is 9.34. The van der Waals surface area contributed by atoms with Gasteiger partial charge < -0.3 is 19.7 Å². The second-order valence-electron chi connectivity index (χ2n) is 10.6. The van der Waals surface area contributed by atoms with Crippen molar-refractivity contribution in [2.75, 3.05) is 11.9 Å². The summed E-state index contributed by atoms with van der Waals surface area (Å²) in [6, 6.07) is 28.9. The van der Waals surface area contributed by atoms with Gasteiger partial charge in [-0.25, -0.2) is 14.5 Å². The fourth-order valence-corrected chi connectivity index (χ4v) is 6.13. The van der Waals surface area contributed by atoms with Crippen LogP contribution in [0, 0.1) is 5.92 Å². The summed E-state index contributed by atoms with van der Waals surface area (Å²) in [5.41, 5.74) is 6.78. The average Bonchev–Trinajstić information content (AvgIpc) is 2.99. The highest BCUT2D eigenvalue weighted by Crippen LogP contribution is 2.33. The fourth-order valence-electron chi connectivity index (χ4n) is 5.52. The summed E-state index contributed by atoms with van der Waals surface area (Å²) in [6.07, 6.45) is 5.84. The van der Waals surface area contributed by atoms with E-state index in [0.29, 0.717) is 23.7 Å². The van der Waals surface area contributed by atoms with Crippen molar-refractivity contribution >= 4 is 13.9 Å². The Balaban J connectivity index is 1.03. The maximum Gasteiger partial charge on any atom is 0.421 e. The molecule has 0 saturated heterocycles. The Labute approximate surface area is 236 Å². The molecule has 0 aliphatic carbocycles. The summed E-state index contributed by atoms with van der Waals surface area (Å²) in [5, 5.41) is 7.09. The van der Waals surface area contributed by atoms with E-state index in [4.69, 9.17) is 9.05 Å². The zero-order valence-electron chi connectivity index (χ0n) is 22.5. The average molecular weight is 555 g/mol. The third-order valence-corrected chi connectivity index (χ3v) is 8.51. The van der Waals surface area contributed by atoms with Crippen LogP contribution in [-0.2, 0) is 36.8 Å². The number of hydrogen-bond donors (Lipinski definition) is 2. The molecule has 206 valence electrons. The summed E-state index contributed by atoms with van der Waals surface area (Å²) in [7, 11) is -2.88. The molecule has 2 aliphatic heterocycles. The zero-order valence-corrected chi connectivity index (χ0v) is 23.5. The minimum atomic E-state index is -2.88. The molecule has 0 fully saturated rings. The zero-order chi connectivity index (χ0) is 27.1.